The number of esters is 1. The summed E-state index contributed by atoms with van der Waals surface area (Å²) in [6, 6.07) is 0. The maximum Gasteiger partial charge on any atom is 0.309 e. The molecule has 0 aromatic carbocycles. The van der Waals surface area contributed by atoms with Crippen molar-refractivity contribution in [3.05, 3.63) is 0 Å². The Bertz CT molecular complexity index is 328. The zero-order chi connectivity index (χ0) is 14.6. The summed E-state index contributed by atoms with van der Waals surface area (Å²) in [7, 11) is 0. The Morgan fingerprint density at radius 1 is 1.26 bits per heavy atom. The lowest BCUT2D eigenvalue weighted by molar-refractivity contribution is -0.153. The van der Waals surface area contributed by atoms with Gasteiger partial charge in [0.15, 0.2) is 0 Å². The van der Waals surface area contributed by atoms with Gasteiger partial charge in [-0.25, -0.2) is 0 Å². The molecule has 1 amide bonds. The van der Waals surface area contributed by atoms with E-state index in [0.29, 0.717) is 25.6 Å². The molecule has 0 aromatic rings. The van der Waals surface area contributed by atoms with Crippen LogP contribution >= 0.6 is 0 Å². The summed E-state index contributed by atoms with van der Waals surface area (Å²) < 4.78 is 5.04. The average Bonchev–Trinajstić information content (AvgIpc) is 2.38. The number of piperidine rings is 1. The molecule has 0 aromatic heterocycles. The third kappa shape index (κ3) is 3.71. The first-order valence-electron chi connectivity index (χ1n) is 7.26. The second-order valence-corrected chi connectivity index (χ2v) is 6.19. The van der Waals surface area contributed by atoms with Gasteiger partial charge in [0.1, 0.15) is 0 Å². The van der Waals surface area contributed by atoms with Gasteiger partial charge in [-0.05, 0) is 25.7 Å². The van der Waals surface area contributed by atoms with Crippen molar-refractivity contribution < 1.29 is 14.3 Å². The van der Waals surface area contributed by atoms with Crippen molar-refractivity contribution in [2.24, 2.45) is 17.3 Å². The van der Waals surface area contributed by atoms with Crippen LogP contribution in [0.15, 0.2) is 0 Å². The molecule has 110 valence electrons. The van der Waals surface area contributed by atoms with E-state index in [1.54, 1.807) is 0 Å². The highest BCUT2D eigenvalue weighted by Crippen LogP contribution is 2.30. The van der Waals surface area contributed by atoms with Crippen LogP contribution in [0.25, 0.3) is 0 Å². The van der Waals surface area contributed by atoms with Crippen LogP contribution in [0.3, 0.4) is 0 Å². The summed E-state index contributed by atoms with van der Waals surface area (Å²) >= 11 is 0. The molecule has 1 aliphatic rings. The van der Waals surface area contributed by atoms with E-state index >= 15 is 0 Å². The molecule has 1 rings (SSSR count). The molecule has 1 fully saturated rings. The highest BCUT2D eigenvalue weighted by Gasteiger charge is 2.37. The molecule has 4 heteroatoms. The maximum absolute atomic E-state index is 12.5. The van der Waals surface area contributed by atoms with Gasteiger partial charge >= 0.3 is 5.97 Å². The molecule has 1 aliphatic heterocycles. The fraction of sp³-hybridized carbons (Fsp3) is 0.867. The highest BCUT2D eigenvalue weighted by atomic mass is 16.5. The van der Waals surface area contributed by atoms with Crippen molar-refractivity contribution in [1.82, 2.24) is 4.90 Å². The van der Waals surface area contributed by atoms with E-state index in [2.05, 4.69) is 13.8 Å². The third-order valence-electron chi connectivity index (χ3n) is 4.40. The molecule has 0 saturated carbocycles. The SMILES string of the molecule is CCOC(=O)C1CCN(C(=O)C(C)(C)C(C)C)CC1. The van der Waals surface area contributed by atoms with E-state index in [4.69, 9.17) is 4.74 Å². The first kappa shape index (κ1) is 16.0. The fourth-order valence-electron chi connectivity index (χ4n) is 2.23. The van der Waals surface area contributed by atoms with Gasteiger partial charge in [-0.3, -0.25) is 9.59 Å². The van der Waals surface area contributed by atoms with Gasteiger partial charge in [0.25, 0.3) is 0 Å². The number of hydrogen-bond donors (Lipinski definition) is 0. The first-order valence-corrected chi connectivity index (χ1v) is 7.26. The Balaban J connectivity index is 2.55. The van der Waals surface area contributed by atoms with Gasteiger partial charge < -0.3 is 9.64 Å². The van der Waals surface area contributed by atoms with Crippen molar-refractivity contribution in [2.45, 2.75) is 47.5 Å². The molecule has 0 bridgehead atoms. The van der Waals surface area contributed by atoms with Crippen LogP contribution in [0, 0.1) is 17.3 Å². The molecule has 0 aliphatic carbocycles. The lowest BCUT2D eigenvalue weighted by atomic mass is 9.79. The fourth-order valence-corrected chi connectivity index (χ4v) is 2.23. The van der Waals surface area contributed by atoms with Crippen LogP contribution in [0.4, 0.5) is 0 Å². The van der Waals surface area contributed by atoms with Crippen LogP contribution in [0.1, 0.15) is 47.5 Å². The Hall–Kier alpha value is -1.06. The predicted octanol–water partition coefficient (Wildman–Crippen LogP) is 2.47. The smallest absolute Gasteiger partial charge is 0.309 e. The van der Waals surface area contributed by atoms with Gasteiger partial charge in [-0.1, -0.05) is 27.7 Å². The van der Waals surface area contributed by atoms with Crippen molar-refractivity contribution in [3.8, 4) is 0 Å². The summed E-state index contributed by atoms with van der Waals surface area (Å²) in [6.07, 6.45) is 1.44. The number of nitrogens with zero attached hydrogens (tertiary/aromatic N) is 1. The second kappa shape index (κ2) is 6.40. The normalized spacial score (nSPS) is 17.7. The van der Waals surface area contributed by atoms with Gasteiger partial charge in [-0.2, -0.15) is 0 Å². The number of likely N-dealkylation sites (tertiary alicyclic amines) is 1. The monoisotopic (exact) mass is 269 g/mol. The number of ether oxygens (including phenoxy) is 1. The second-order valence-electron chi connectivity index (χ2n) is 6.19. The largest absolute Gasteiger partial charge is 0.466 e. The zero-order valence-corrected chi connectivity index (χ0v) is 12.9. The minimum atomic E-state index is -0.337. The van der Waals surface area contributed by atoms with Crippen molar-refractivity contribution in [3.63, 3.8) is 0 Å². The van der Waals surface area contributed by atoms with Gasteiger partial charge in [0, 0.05) is 18.5 Å². The van der Waals surface area contributed by atoms with Crippen molar-refractivity contribution >= 4 is 11.9 Å². The van der Waals surface area contributed by atoms with E-state index in [0.717, 1.165) is 12.8 Å². The van der Waals surface area contributed by atoms with Crippen LogP contribution < -0.4 is 0 Å². The van der Waals surface area contributed by atoms with Crippen molar-refractivity contribution in [2.75, 3.05) is 19.7 Å². The van der Waals surface area contributed by atoms with E-state index in [1.807, 2.05) is 25.7 Å². The summed E-state index contributed by atoms with van der Waals surface area (Å²) in [5, 5.41) is 0. The maximum atomic E-state index is 12.5. The predicted molar refractivity (Wildman–Crippen MR) is 74.6 cm³/mol. The van der Waals surface area contributed by atoms with E-state index in [1.165, 1.54) is 0 Å². The number of carbonyl (C=O) groups is 2. The molecule has 1 heterocycles. The third-order valence-corrected chi connectivity index (χ3v) is 4.40. The summed E-state index contributed by atoms with van der Waals surface area (Å²) in [6.45, 7) is 11.7. The Kier molecular flexibility index (Phi) is 5.39. The molecule has 0 N–H and O–H groups in total. The van der Waals surface area contributed by atoms with Gasteiger partial charge in [0.2, 0.25) is 5.91 Å². The van der Waals surface area contributed by atoms with E-state index in [9.17, 15) is 9.59 Å². The molecule has 4 nitrogen and oxygen atoms in total. The Labute approximate surface area is 116 Å². The number of carbonyl (C=O) groups excluding carboxylic acids is 2. The van der Waals surface area contributed by atoms with Gasteiger partial charge in [0.05, 0.1) is 12.5 Å². The Morgan fingerprint density at radius 3 is 2.21 bits per heavy atom. The number of amides is 1. The topological polar surface area (TPSA) is 46.6 Å². The lowest BCUT2D eigenvalue weighted by Gasteiger charge is -2.38. The van der Waals surface area contributed by atoms with Gasteiger partial charge in [-0.15, -0.1) is 0 Å². The Morgan fingerprint density at radius 2 is 1.79 bits per heavy atom. The standard InChI is InChI=1S/C15H27NO3/c1-6-19-13(17)12-7-9-16(10-8-12)14(18)15(4,5)11(2)3/h11-12H,6-10H2,1-5H3. The van der Waals surface area contributed by atoms with Crippen LogP contribution in [-0.4, -0.2) is 36.5 Å². The van der Waals surface area contributed by atoms with Crippen molar-refractivity contribution in [1.29, 1.82) is 0 Å². The lowest BCUT2D eigenvalue weighted by Crippen LogP contribution is -2.47. The van der Waals surface area contributed by atoms with Crippen LogP contribution in [0.5, 0.6) is 0 Å². The van der Waals surface area contributed by atoms with E-state index in [-0.39, 0.29) is 23.2 Å². The van der Waals surface area contributed by atoms with Crippen LogP contribution in [0.2, 0.25) is 0 Å². The van der Waals surface area contributed by atoms with Crippen LogP contribution in [-0.2, 0) is 14.3 Å². The number of rotatable bonds is 4. The molecule has 0 atom stereocenters. The quantitative estimate of drug-likeness (QED) is 0.737. The minimum absolute atomic E-state index is 0.0360. The average molecular weight is 269 g/mol. The summed E-state index contributed by atoms with van der Waals surface area (Å²) in [5.74, 6) is 0.358. The molecular weight excluding hydrogens is 242 g/mol. The summed E-state index contributed by atoms with van der Waals surface area (Å²) in [5.41, 5.74) is -0.337. The minimum Gasteiger partial charge on any atom is -0.466 e. The molecule has 0 unspecified atom stereocenters. The molecule has 1 saturated heterocycles. The highest BCUT2D eigenvalue weighted by molar-refractivity contribution is 5.82. The molecule has 0 spiro atoms. The van der Waals surface area contributed by atoms with E-state index < -0.39 is 0 Å². The molecule has 19 heavy (non-hydrogen) atoms. The first-order chi connectivity index (χ1) is 8.80. The molecular formula is C15H27NO3. The molecule has 0 radical (unpaired) electrons. The summed E-state index contributed by atoms with van der Waals surface area (Å²) in [4.78, 5) is 26.0. The number of hydrogen-bond acceptors (Lipinski definition) is 3. The zero-order valence-electron chi connectivity index (χ0n) is 12.9.